The zero-order valence-electron chi connectivity index (χ0n) is 22.0. The number of nitrogens with one attached hydrogen (secondary N) is 2. The number of nitrogens with zero attached hydrogens (tertiary/aromatic N) is 1. The van der Waals surface area contributed by atoms with Crippen LogP contribution in [0, 0.1) is 28.4 Å². The maximum absolute atomic E-state index is 15.7. The summed E-state index contributed by atoms with van der Waals surface area (Å²) in [7, 11) is 0. The maximum Gasteiger partial charge on any atom is 0.242 e. The largest absolute Gasteiger partial charge is 0.325 e. The van der Waals surface area contributed by atoms with Crippen molar-refractivity contribution in [1.29, 1.82) is 5.26 Å². The van der Waals surface area contributed by atoms with E-state index in [1.54, 1.807) is 30.0 Å². The third kappa shape index (κ3) is 5.81. The van der Waals surface area contributed by atoms with E-state index in [-0.39, 0.29) is 26.6 Å². The van der Waals surface area contributed by atoms with Gasteiger partial charge in [-0.15, -0.1) is 11.8 Å². The van der Waals surface area contributed by atoms with Crippen LogP contribution in [0.3, 0.4) is 0 Å². The molecule has 1 fully saturated rings. The van der Waals surface area contributed by atoms with Gasteiger partial charge in [-0.2, -0.15) is 5.26 Å². The quantitative estimate of drug-likeness (QED) is 0.287. The SMILES string of the molecule is CSc1ccc(NC(=O)[C@@H]2N[C@@H](CC(C)(C)C)[C@](C#N)(c3ccc(Cl)cc3F)[C@H]2c2cccc(Cl)c2F)cc1. The average Bonchev–Trinajstić information content (AvgIpc) is 3.19. The van der Waals surface area contributed by atoms with E-state index in [1.807, 2.05) is 39.2 Å². The van der Waals surface area contributed by atoms with Crippen molar-refractivity contribution < 1.29 is 13.6 Å². The number of hydrogen-bond acceptors (Lipinski definition) is 4. The van der Waals surface area contributed by atoms with Crippen molar-refractivity contribution in [3.63, 3.8) is 0 Å². The molecule has 0 unspecified atom stereocenters. The number of thioether (sulfide) groups is 1. The molecule has 0 saturated carbocycles. The minimum atomic E-state index is -1.67. The number of benzene rings is 3. The number of carbonyl (C=O) groups excluding carboxylic acids is 1. The second kappa shape index (κ2) is 11.5. The van der Waals surface area contributed by atoms with E-state index in [4.69, 9.17) is 23.2 Å². The highest BCUT2D eigenvalue weighted by atomic mass is 35.5. The lowest BCUT2D eigenvalue weighted by Gasteiger charge is -2.37. The van der Waals surface area contributed by atoms with Crippen LogP contribution in [-0.2, 0) is 10.2 Å². The molecule has 1 amide bonds. The molecule has 1 heterocycles. The van der Waals surface area contributed by atoms with Gasteiger partial charge in [0.25, 0.3) is 0 Å². The highest BCUT2D eigenvalue weighted by molar-refractivity contribution is 7.98. The molecular formula is C30H29Cl2F2N3OS. The van der Waals surface area contributed by atoms with Gasteiger partial charge < -0.3 is 10.6 Å². The van der Waals surface area contributed by atoms with Crippen LogP contribution in [-0.4, -0.2) is 24.2 Å². The van der Waals surface area contributed by atoms with Gasteiger partial charge in [0.2, 0.25) is 5.91 Å². The second-order valence-electron chi connectivity index (χ2n) is 10.9. The smallest absolute Gasteiger partial charge is 0.242 e. The van der Waals surface area contributed by atoms with Gasteiger partial charge in [0, 0.05) is 33.1 Å². The molecule has 1 aliphatic rings. The number of anilines is 1. The van der Waals surface area contributed by atoms with Crippen molar-refractivity contribution in [2.24, 2.45) is 5.41 Å². The fourth-order valence-corrected chi connectivity index (χ4v) is 6.20. The Labute approximate surface area is 242 Å². The van der Waals surface area contributed by atoms with E-state index in [0.29, 0.717) is 12.1 Å². The van der Waals surface area contributed by atoms with Crippen LogP contribution < -0.4 is 10.6 Å². The van der Waals surface area contributed by atoms with Crippen molar-refractivity contribution in [3.8, 4) is 6.07 Å². The minimum absolute atomic E-state index is 0.0418. The summed E-state index contributed by atoms with van der Waals surface area (Å²) in [4.78, 5) is 14.9. The summed E-state index contributed by atoms with van der Waals surface area (Å²) >= 11 is 13.8. The van der Waals surface area contributed by atoms with Crippen LogP contribution >= 0.6 is 35.0 Å². The summed E-state index contributed by atoms with van der Waals surface area (Å²) in [6, 6.07) is 16.4. The maximum atomic E-state index is 15.7. The normalized spacial score (nSPS) is 22.9. The molecular weight excluding hydrogens is 559 g/mol. The van der Waals surface area contributed by atoms with E-state index >= 15 is 8.78 Å². The molecule has 4 nitrogen and oxygen atoms in total. The Morgan fingerprint density at radius 2 is 1.82 bits per heavy atom. The number of carbonyl (C=O) groups is 1. The van der Waals surface area contributed by atoms with Crippen LogP contribution in [0.25, 0.3) is 0 Å². The Morgan fingerprint density at radius 1 is 1.13 bits per heavy atom. The first kappa shape index (κ1) is 29.4. The van der Waals surface area contributed by atoms with E-state index in [1.165, 1.54) is 24.3 Å². The van der Waals surface area contributed by atoms with Crippen molar-refractivity contribution in [2.75, 3.05) is 11.6 Å². The van der Waals surface area contributed by atoms with Gasteiger partial charge in [0.15, 0.2) is 0 Å². The van der Waals surface area contributed by atoms with E-state index in [9.17, 15) is 10.1 Å². The van der Waals surface area contributed by atoms with E-state index in [0.717, 1.165) is 11.0 Å². The zero-order chi connectivity index (χ0) is 28.5. The van der Waals surface area contributed by atoms with Crippen LogP contribution in [0.15, 0.2) is 65.6 Å². The van der Waals surface area contributed by atoms with Gasteiger partial charge in [0.05, 0.1) is 17.1 Å². The van der Waals surface area contributed by atoms with Gasteiger partial charge in [-0.3, -0.25) is 4.79 Å². The molecule has 4 atom stereocenters. The highest BCUT2D eigenvalue weighted by Crippen LogP contribution is 2.52. The van der Waals surface area contributed by atoms with Crippen molar-refractivity contribution >= 4 is 46.6 Å². The molecule has 2 N–H and O–H groups in total. The first-order chi connectivity index (χ1) is 18.4. The number of halogens is 4. The van der Waals surface area contributed by atoms with E-state index in [2.05, 4.69) is 16.7 Å². The predicted octanol–water partition coefficient (Wildman–Crippen LogP) is 7.95. The Balaban J connectivity index is 1.93. The molecule has 9 heteroatoms. The fraction of sp³-hybridized carbons (Fsp3) is 0.333. The van der Waals surface area contributed by atoms with Crippen LogP contribution in [0.4, 0.5) is 14.5 Å². The molecule has 0 spiro atoms. The highest BCUT2D eigenvalue weighted by Gasteiger charge is 2.61. The Hall–Kier alpha value is -2.63. The third-order valence-corrected chi connectivity index (χ3v) is 8.36. The lowest BCUT2D eigenvalue weighted by molar-refractivity contribution is -0.118. The number of rotatable bonds is 6. The van der Waals surface area contributed by atoms with Gasteiger partial charge >= 0.3 is 0 Å². The Morgan fingerprint density at radius 3 is 2.41 bits per heavy atom. The molecule has 0 bridgehead atoms. The predicted molar refractivity (Wildman–Crippen MR) is 154 cm³/mol. The summed E-state index contributed by atoms with van der Waals surface area (Å²) in [5, 5.41) is 17.1. The van der Waals surface area contributed by atoms with Gasteiger partial charge in [0.1, 0.15) is 17.0 Å². The molecule has 204 valence electrons. The number of nitriles is 1. The molecule has 1 saturated heterocycles. The fourth-order valence-electron chi connectivity index (χ4n) is 5.45. The molecule has 0 radical (unpaired) electrons. The second-order valence-corrected chi connectivity index (χ2v) is 12.6. The van der Waals surface area contributed by atoms with Crippen molar-refractivity contribution in [3.05, 3.63) is 93.5 Å². The summed E-state index contributed by atoms with van der Waals surface area (Å²) in [5.74, 6) is -3.04. The average molecular weight is 589 g/mol. The number of amides is 1. The summed E-state index contributed by atoms with van der Waals surface area (Å²) in [5.41, 5.74) is -1.35. The monoisotopic (exact) mass is 587 g/mol. The number of hydrogen-bond donors (Lipinski definition) is 2. The Bertz CT molecular complexity index is 1420. The van der Waals surface area contributed by atoms with Gasteiger partial charge in [-0.1, -0.05) is 62.2 Å². The zero-order valence-corrected chi connectivity index (χ0v) is 24.3. The van der Waals surface area contributed by atoms with Gasteiger partial charge in [-0.25, -0.2) is 8.78 Å². The molecule has 3 aromatic rings. The minimum Gasteiger partial charge on any atom is -0.325 e. The van der Waals surface area contributed by atoms with E-state index < -0.39 is 41.0 Å². The molecule has 3 aromatic carbocycles. The van der Waals surface area contributed by atoms with Crippen LogP contribution in [0.2, 0.25) is 10.0 Å². The first-order valence-corrected chi connectivity index (χ1v) is 14.4. The topological polar surface area (TPSA) is 64.9 Å². The Kier molecular flexibility index (Phi) is 8.63. The molecule has 1 aliphatic heterocycles. The molecule has 0 aromatic heterocycles. The van der Waals surface area contributed by atoms with Crippen LogP contribution in [0.1, 0.15) is 44.2 Å². The van der Waals surface area contributed by atoms with Crippen molar-refractivity contribution in [1.82, 2.24) is 5.32 Å². The standard InChI is InChI=1S/C30H29Cl2F2N3OS/c1-29(2,3)15-24-30(16-35,21-13-8-17(31)14-23(21)33)25(20-6-5-7-22(32)26(20)34)27(37-24)28(38)36-18-9-11-19(39-4)12-10-18/h5-14,24-25,27,37H,15H2,1-4H3,(H,36,38)/t24-,25-,27+,30-/m0/s1. The first-order valence-electron chi connectivity index (χ1n) is 12.4. The lowest BCUT2D eigenvalue weighted by atomic mass is 9.62. The van der Waals surface area contributed by atoms with Crippen molar-refractivity contribution in [2.45, 2.75) is 55.5 Å². The molecule has 39 heavy (non-hydrogen) atoms. The van der Waals surface area contributed by atoms with Crippen LogP contribution in [0.5, 0.6) is 0 Å². The van der Waals surface area contributed by atoms with Gasteiger partial charge in [-0.05, 0) is 66.1 Å². The molecule has 4 rings (SSSR count). The summed E-state index contributed by atoms with van der Waals surface area (Å²) < 4.78 is 31.4. The third-order valence-electron chi connectivity index (χ3n) is 7.09. The molecule has 0 aliphatic carbocycles. The summed E-state index contributed by atoms with van der Waals surface area (Å²) in [6.07, 6.45) is 2.35. The summed E-state index contributed by atoms with van der Waals surface area (Å²) in [6.45, 7) is 5.97. The lowest BCUT2D eigenvalue weighted by Crippen LogP contribution is -2.45.